The number of carbonyl (C=O) groups excluding carboxylic acids is 1. The molecule has 0 aliphatic heterocycles. The summed E-state index contributed by atoms with van der Waals surface area (Å²) in [4.78, 5) is 10.8. The maximum Gasteiger partial charge on any atom is 0.153 e. The summed E-state index contributed by atoms with van der Waals surface area (Å²) in [5.74, 6) is 0.586. The first-order valence-corrected chi connectivity index (χ1v) is 5.59. The van der Waals surface area contributed by atoms with Gasteiger partial charge in [-0.25, -0.2) is 0 Å². The molecule has 0 aromatic heterocycles. The van der Waals surface area contributed by atoms with Crippen LogP contribution in [0, 0.1) is 0 Å². The summed E-state index contributed by atoms with van der Waals surface area (Å²) >= 11 is 5.87. The van der Waals surface area contributed by atoms with Crippen LogP contribution in [0.5, 0.6) is 5.75 Å². The zero-order valence-electron chi connectivity index (χ0n) is 9.10. The highest BCUT2D eigenvalue weighted by atomic mass is 35.5. The van der Waals surface area contributed by atoms with Crippen LogP contribution in [0.3, 0.4) is 0 Å². The molecule has 0 saturated heterocycles. The Morgan fingerprint density at radius 2 is 1.94 bits per heavy atom. The maximum atomic E-state index is 10.8. The summed E-state index contributed by atoms with van der Waals surface area (Å²) in [6.45, 7) is 0.394. The Labute approximate surface area is 105 Å². The van der Waals surface area contributed by atoms with Crippen LogP contribution in [0.2, 0.25) is 5.02 Å². The molecular formula is C14H11ClO2. The van der Waals surface area contributed by atoms with Crippen LogP contribution in [0.1, 0.15) is 15.9 Å². The van der Waals surface area contributed by atoms with Crippen LogP contribution < -0.4 is 4.74 Å². The highest BCUT2D eigenvalue weighted by Gasteiger charge is 2.02. The van der Waals surface area contributed by atoms with Crippen LogP contribution >= 0.6 is 11.6 Å². The summed E-state index contributed by atoms with van der Waals surface area (Å²) < 4.78 is 5.58. The molecule has 3 heteroatoms. The van der Waals surface area contributed by atoms with Crippen LogP contribution in [-0.4, -0.2) is 6.29 Å². The Hall–Kier alpha value is -1.80. The number of para-hydroxylation sites is 1. The number of benzene rings is 2. The number of hydrogen-bond donors (Lipinski definition) is 0. The Balaban J connectivity index is 2.09. The van der Waals surface area contributed by atoms with E-state index in [0.29, 0.717) is 22.9 Å². The molecule has 86 valence electrons. The van der Waals surface area contributed by atoms with Crippen molar-refractivity contribution in [3.8, 4) is 5.75 Å². The molecule has 0 fully saturated rings. The molecule has 0 bridgehead atoms. The normalized spacial score (nSPS) is 9.94. The van der Waals surface area contributed by atoms with Gasteiger partial charge >= 0.3 is 0 Å². The quantitative estimate of drug-likeness (QED) is 0.769. The van der Waals surface area contributed by atoms with E-state index in [4.69, 9.17) is 16.3 Å². The first-order chi connectivity index (χ1) is 8.29. The zero-order valence-corrected chi connectivity index (χ0v) is 9.85. The van der Waals surface area contributed by atoms with Gasteiger partial charge in [0.05, 0.1) is 5.56 Å². The third-order valence-electron chi connectivity index (χ3n) is 2.33. The van der Waals surface area contributed by atoms with Crippen molar-refractivity contribution in [2.45, 2.75) is 6.61 Å². The van der Waals surface area contributed by atoms with Gasteiger partial charge in [0, 0.05) is 5.02 Å². The lowest BCUT2D eigenvalue weighted by Gasteiger charge is -2.08. The Morgan fingerprint density at radius 1 is 1.12 bits per heavy atom. The molecule has 2 rings (SSSR count). The Kier molecular flexibility index (Phi) is 3.78. The molecule has 2 nitrogen and oxygen atoms in total. The minimum Gasteiger partial charge on any atom is -0.488 e. The summed E-state index contributed by atoms with van der Waals surface area (Å²) in [5, 5.41) is 0.676. The van der Waals surface area contributed by atoms with Crippen LogP contribution in [0.15, 0.2) is 48.5 Å². The van der Waals surface area contributed by atoms with Gasteiger partial charge in [-0.15, -0.1) is 0 Å². The molecule has 2 aromatic carbocycles. The summed E-state index contributed by atoms with van der Waals surface area (Å²) in [5.41, 5.74) is 1.52. The van der Waals surface area contributed by atoms with Gasteiger partial charge in [-0.05, 0) is 29.8 Å². The number of aldehydes is 1. The lowest BCUT2D eigenvalue weighted by atomic mass is 10.2. The smallest absolute Gasteiger partial charge is 0.153 e. The summed E-state index contributed by atoms with van der Waals surface area (Å²) in [6.07, 6.45) is 0.785. The monoisotopic (exact) mass is 246 g/mol. The molecule has 0 atom stereocenters. The highest BCUT2D eigenvalue weighted by molar-refractivity contribution is 6.30. The number of ether oxygens (including phenoxy) is 1. The van der Waals surface area contributed by atoms with E-state index in [1.165, 1.54) is 0 Å². The molecule has 2 aromatic rings. The van der Waals surface area contributed by atoms with Crippen molar-refractivity contribution in [3.63, 3.8) is 0 Å². The topological polar surface area (TPSA) is 26.3 Å². The minimum absolute atomic E-state index is 0.394. The van der Waals surface area contributed by atoms with Crippen molar-refractivity contribution in [1.82, 2.24) is 0 Å². The molecule has 0 saturated carbocycles. The van der Waals surface area contributed by atoms with Crippen LogP contribution in [0.4, 0.5) is 0 Å². The lowest BCUT2D eigenvalue weighted by molar-refractivity contribution is 0.111. The van der Waals surface area contributed by atoms with E-state index in [2.05, 4.69) is 0 Å². The van der Waals surface area contributed by atoms with E-state index in [0.717, 1.165) is 11.8 Å². The second-order valence-electron chi connectivity index (χ2n) is 3.57. The van der Waals surface area contributed by atoms with Gasteiger partial charge in [-0.2, -0.15) is 0 Å². The molecule has 0 unspecified atom stereocenters. The van der Waals surface area contributed by atoms with Gasteiger partial charge in [-0.1, -0.05) is 35.9 Å². The fourth-order valence-electron chi connectivity index (χ4n) is 1.50. The maximum absolute atomic E-state index is 10.8. The zero-order chi connectivity index (χ0) is 12.1. The van der Waals surface area contributed by atoms with Gasteiger partial charge in [0.15, 0.2) is 6.29 Å². The van der Waals surface area contributed by atoms with Gasteiger partial charge in [0.25, 0.3) is 0 Å². The first kappa shape index (κ1) is 11.7. The summed E-state index contributed by atoms with van der Waals surface area (Å²) in [7, 11) is 0. The van der Waals surface area contributed by atoms with Gasteiger partial charge in [0.2, 0.25) is 0 Å². The fourth-order valence-corrected chi connectivity index (χ4v) is 1.71. The number of rotatable bonds is 4. The number of hydrogen-bond acceptors (Lipinski definition) is 2. The van der Waals surface area contributed by atoms with E-state index in [-0.39, 0.29) is 0 Å². The molecule has 0 N–H and O–H groups in total. The van der Waals surface area contributed by atoms with Crippen molar-refractivity contribution in [2.75, 3.05) is 0 Å². The van der Waals surface area contributed by atoms with Crippen LogP contribution in [-0.2, 0) is 6.61 Å². The van der Waals surface area contributed by atoms with Crippen molar-refractivity contribution in [2.24, 2.45) is 0 Å². The van der Waals surface area contributed by atoms with Crippen molar-refractivity contribution >= 4 is 17.9 Å². The van der Waals surface area contributed by atoms with Crippen molar-refractivity contribution < 1.29 is 9.53 Å². The Bertz CT molecular complexity index is 523. The summed E-state index contributed by atoms with van der Waals surface area (Å²) in [6, 6.07) is 14.6. The first-order valence-electron chi connectivity index (χ1n) is 5.21. The van der Waals surface area contributed by atoms with E-state index in [1.807, 2.05) is 30.3 Å². The fraction of sp³-hybridized carbons (Fsp3) is 0.0714. The average Bonchev–Trinajstić information content (AvgIpc) is 2.37. The lowest BCUT2D eigenvalue weighted by Crippen LogP contribution is -1.97. The standard InChI is InChI=1S/C14H11ClO2/c15-13-6-3-4-11(8-13)10-17-14-7-2-1-5-12(14)9-16/h1-9H,10H2. The molecule has 0 amide bonds. The van der Waals surface area contributed by atoms with Crippen LogP contribution in [0.25, 0.3) is 0 Å². The van der Waals surface area contributed by atoms with E-state index in [9.17, 15) is 4.79 Å². The molecule has 0 heterocycles. The van der Waals surface area contributed by atoms with E-state index in [1.54, 1.807) is 18.2 Å². The predicted molar refractivity (Wildman–Crippen MR) is 67.6 cm³/mol. The largest absolute Gasteiger partial charge is 0.488 e. The second kappa shape index (κ2) is 5.51. The molecule has 17 heavy (non-hydrogen) atoms. The van der Waals surface area contributed by atoms with E-state index >= 15 is 0 Å². The predicted octanol–water partition coefficient (Wildman–Crippen LogP) is 3.73. The van der Waals surface area contributed by atoms with Crippen molar-refractivity contribution in [1.29, 1.82) is 0 Å². The number of halogens is 1. The molecule has 0 radical (unpaired) electrons. The highest BCUT2D eigenvalue weighted by Crippen LogP contribution is 2.18. The Morgan fingerprint density at radius 3 is 2.71 bits per heavy atom. The SMILES string of the molecule is O=Cc1ccccc1OCc1cccc(Cl)c1. The second-order valence-corrected chi connectivity index (χ2v) is 4.01. The molecule has 0 spiro atoms. The van der Waals surface area contributed by atoms with Gasteiger partial charge < -0.3 is 4.74 Å². The number of carbonyl (C=O) groups is 1. The minimum atomic E-state index is 0.394. The third kappa shape index (κ3) is 3.08. The van der Waals surface area contributed by atoms with Gasteiger partial charge in [-0.3, -0.25) is 4.79 Å². The van der Waals surface area contributed by atoms with Gasteiger partial charge in [0.1, 0.15) is 12.4 Å². The van der Waals surface area contributed by atoms with Crippen molar-refractivity contribution in [3.05, 3.63) is 64.7 Å². The molecule has 0 aliphatic carbocycles. The third-order valence-corrected chi connectivity index (χ3v) is 2.56. The average molecular weight is 247 g/mol. The van der Waals surface area contributed by atoms with E-state index < -0.39 is 0 Å². The molecular weight excluding hydrogens is 236 g/mol. The molecule has 0 aliphatic rings.